The number of benzene rings is 1. The van der Waals surface area contributed by atoms with Gasteiger partial charge in [0.2, 0.25) is 5.91 Å². The molecule has 70 valence electrons. The van der Waals surface area contributed by atoms with Crippen LogP contribution in [0.3, 0.4) is 0 Å². The van der Waals surface area contributed by atoms with Gasteiger partial charge in [0, 0.05) is 17.5 Å². The molecule has 1 rings (SSSR count). The van der Waals surface area contributed by atoms with Gasteiger partial charge < -0.3 is 10.4 Å². The summed E-state index contributed by atoms with van der Waals surface area (Å²) < 4.78 is 20.5. The van der Waals surface area contributed by atoms with Crippen LogP contribution in [0.25, 0.3) is 0 Å². The first-order valence-electron chi connectivity index (χ1n) is 5.46. The molecule has 0 heterocycles. The van der Waals surface area contributed by atoms with Gasteiger partial charge in [-0.05, 0) is 24.1 Å². The van der Waals surface area contributed by atoms with Crippen LogP contribution in [0, 0.1) is 0 Å². The van der Waals surface area contributed by atoms with Gasteiger partial charge in [0.25, 0.3) is 0 Å². The van der Waals surface area contributed by atoms with E-state index in [9.17, 15) is 4.79 Å². The van der Waals surface area contributed by atoms with Crippen molar-refractivity contribution in [2.24, 2.45) is 0 Å². The second kappa shape index (κ2) is 4.50. The predicted molar refractivity (Wildman–Crippen MR) is 50.5 cm³/mol. The number of hydrogen-bond acceptors (Lipinski definition) is 2. The predicted octanol–water partition coefficient (Wildman–Crippen LogP) is 1.07. The summed E-state index contributed by atoms with van der Waals surface area (Å²) in [5.41, 5.74) is 0.920. The molecule has 0 aromatic heterocycles. The molecule has 0 radical (unpaired) electrons. The zero-order chi connectivity index (χ0) is 12.2. The maximum atomic E-state index is 11.0. The topological polar surface area (TPSA) is 49.3 Å². The number of nitrogens with one attached hydrogen (secondary N) is 1. The molecule has 0 aliphatic rings. The SMILES string of the molecule is [2H]C([2H])([2H])C(=O)NCCc1ccc(O)cc1. The van der Waals surface area contributed by atoms with Gasteiger partial charge in [0.1, 0.15) is 5.75 Å². The van der Waals surface area contributed by atoms with Gasteiger partial charge in [-0.3, -0.25) is 4.79 Å². The summed E-state index contributed by atoms with van der Waals surface area (Å²) in [5.74, 6) is -0.762. The van der Waals surface area contributed by atoms with Gasteiger partial charge in [-0.25, -0.2) is 0 Å². The van der Waals surface area contributed by atoms with Crippen LogP contribution in [0.5, 0.6) is 5.75 Å². The fourth-order valence-electron chi connectivity index (χ4n) is 0.983. The first-order valence-corrected chi connectivity index (χ1v) is 3.96. The molecule has 0 atom stereocenters. The van der Waals surface area contributed by atoms with E-state index in [1.54, 1.807) is 24.3 Å². The molecule has 2 N–H and O–H groups in total. The number of rotatable bonds is 3. The molecule has 0 unspecified atom stereocenters. The summed E-state index contributed by atoms with van der Waals surface area (Å²) in [6.07, 6.45) is 0.530. The second-order valence-corrected chi connectivity index (χ2v) is 2.67. The van der Waals surface area contributed by atoms with E-state index < -0.39 is 12.8 Å². The molecule has 0 fully saturated rings. The molecule has 1 aromatic rings. The van der Waals surface area contributed by atoms with E-state index in [1.165, 1.54) is 0 Å². The van der Waals surface area contributed by atoms with Crippen LogP contribution in [-0.2, 0) is 11.2 Å². The maximum absolute atomic E-state index is 11.0. The third kappa shape index (κ3) is 3.60. The maximum Gasteiger partial charge on any atom is 0.216 e. The van der Waals surface area contributed by atoms with Gasteiger partial charge in [-0.15, -0.1) is 0 Å². The first kappa shape index (κ1) is 6.02. The lowest BCUT2D eigenvalue weighted by molar-refractivity contribution is -0.118. The fourth-order valence-corrected chi connectivity index (χ4v) is 0.983. The van der Waals surface area contributed by atoms with Crippen molar-refractivity contribution < 1.29 is 14.0 Å². The highest BCUT2D eigenvalue weighted by Gasteiger charge is 1.94. The Labute approximate surface area is 81.6 Å². The van der Waals surface area contributed by atoms with Crippen LogP contribution in [0.2, 0.25) is 0 Å². The van der Waals surface area contributed by atoms with E-state index >= 15 is 0 Å². The van der Waals surface area contributed by atoms with Crippen LogP contribution < -0.4 is 5.32 Å². The molecule has 0 saturated heterocycles. The Morgan fingerprint density at radius 2 is 2.23 bits per heavy atom. The first-order chi connectivity index (χ1) is 7.39. The van der Waals surface area contributed by atoms with Gasteiger partial charge in [-0.1, -0.05) is 12.1 Å². The Morgan fingerprint density at radius 3 is 2.85 bits per heavy atom. The normalized spacial score (nSPS) is 14.0. The van der Waals surface area contributed by atoms with Crippen LogP contribution in [-0.4, -0.2) is 17.6 Å². The van der Waals surface area contributed by atoms with Crippen molar-refractivity contribution in [1.82, 2.24) is 5.32 Å². The number of phenolic OH excluding ortho intramolecular Hbond substituents is 1. The molecule has 0 aliphatic heterocycles. The van der Waals surface area contributed by atoms with Crippen LogP contribution in [0.4, 0.5) is 0 Å². The summed E-state index contributed by atoms with van der Waals surface area (Å²) in [7, 11) is 0. The average molecular weight is 182 g/mol. The molecule has 0 aliphatic carbocycles. The number of carbonyl (C=O) groups excluding carboxylic acids is 1. The van der Waals surface area contributed by atoms with Crippen molar-refractivity contribution >= 4 is 5.91 Å². The van der Waals surface area contributed by atoms with Crippen molar-refractivity contribution in [3.8, 4) is 5.75 Å². The summed E-state index contributed by atoms with van der Waals surface area (Å²) in [4.78, 5) is 11.0. The largest absolute Gasteiger partial charge is 0.508 e. The smallest absolute Gasteiger partial charge is 0.216 e. The highest BCUT2D eigenvalue weighted by molar-refractivity contribution is 5.72. The molecule has 3 nitrogen and oxygen atoms in total. The molecule has 0 spiro atoms. The second-order valence-electron chi connectivity index (χ2n) is 2.67. The Bertz CT molecular complexity index is 359. The third-order valence-electron chi connectivity index (χ3n) is 1.64. The number of amides is 1. The summed E-state index contributed by atoms with van der Waals surface area (Å²) in [5, 5.41) is 11.4. The average Bonchev–Trinajstić information content (AvgIpc) is 2.19. The monoisotopic (exact) mass is 182 g/mol. The van der Waals surface area contributed by atoms with E-state index in [4.69, 9.17) is 9.22 Å². The minimum absolute atomic E-state index is 0.176. The van der Waals surface area contributed by atoms with E-state index in [0.717, 1.165) is 5.56 Å². The fraction of sp³-hybridized carbons (Fsp3) is 0.300. The summed E-state index contributed by atoms with van der Waals surface area (Å²) in [6, 6.07) is 6.52. The minimum atomic E-state index is -2.59. The van der Waals surface area contributed by atoms with Crippen molar-refractivity contribution in [2.45, 2.75) is 13.3 Å². The van der Waals surface area contributed by atoms with E-state index in [1.807, 2.05) is 0 Å². The van der Waals surface area contributed by atoms with Crippen LogP contribution in [0.15, 0.2) is 24.3 Å². The molecule has 0 bridgehead atoms. The molecule has 13 heavy (non-hydrogen) atoms. The quantitative estimate of drug-likeness (QED) is 0.734. The van der Waals surface area contributed by atoms with Crippen molar-refractivity contribution in [1.29, 1.82) is 0 Å². The van der Waals surface area contributed by atoms with Gasteiger partial charge in [0.05, 0.1) is 0 Å². The Kier molecular flexibility index (Phi) is 2.08. The molecule has 1 aromatic carbocycles. The van der Waals surface area contributed by atoms with E-state index in [0.29, 0.717) is 6.42 Å². The summed E-state index contributed by atoms with van der Waals surface area (Å²) in [6.45, 7) is -2.32. The molecular weight excluding hydrogens is 166 g/mol. The zero-order valence-corrected chi connectivity index (χ0v) is 7.08. The van der Waals surface area contributed by atoms with E-state index in [2.05, 4.69) is 5.32 Å². The molecule has 3 heteroatoms. The Balaban J connectivity index is 2.36. The van der Waals surface area contributed by atoms with Gasteiger partial charge in [0.15, 0.2) is 0 Å². The van der Waals surface area contributed by atoms with Gasteiger partial charge in [-0.2, -0.15) is 0 Å². The number of aromatic hydroxyl groups is 1. The van der Waals surface area contributed by atoms with Crippen LogP contribution in [0.1, 0.15) is 16.5 Å². The zero-order valence-electron chi connectivity index (χ0n) is 10.1. The lowest BCUT2D eigenvalue weighted by Gasteiger charge is -2.02. The lowest BCUT2D eigenvalue weighted by Crippen LogP contribution is -2.22. The highest BCUT2D eigenvalue weighted by Crippen LogP contribution is 2.09. The van der Waals surface area contributed by atoms with Crippen molar-refractivity contribution in [2.75, 3.05) is 6.54 Å². The van der Waals surface area contributed by atoms with Crippen molar-refractivity contribution in [3.63, 3.8) is 0 Å². The number of hydrogen-bond donors (Lipinski definition) is 2. The van der Waals surface area contributed by atoms with E-state index in [-0.39, 0.29) is 12.3 Å². The molecule has 0 saturated carbocycles. The molecule has 1 amide bonds. The number of carbonyl (C=O) groups is 1. The van der Waals surface area contributed by atoms with Crippen molar-refractivity contribution in [3.05, 3.63) is 29.8 Å². The third-order valence-corrected chi connectivity index (χ3v) is 1.64. The van der Waals surface area contributed by atoms with Gasteiger partial charge >= 0.3 is 0 Å². The Hall–Kier alpha value is -1.51. The standard InChI is InChI=1S/C10H13NO2/c1-8(12)11-7-6-9-2-4-10(13)5-3-9/h2-5,13H,6-7H2,1H3,(H,11,12)/i1D3. The summed E-state index contributed by atoms with van der Waals surface area (Å²) >= 11 is 0. The van der Waals surface area contributed by atoms with Crippen LogP contribution >= 0.6 is 0 Å². The number of phenols is 1. The molecular formula is C10H13NO2. The minimum Gasteiger partial charge on any atom is -0.508 e. The highest BCUT2D eigenvalue weighted by atomic mass is 16.3. The Morgan fingerprint density at radius 1 is 1.54 bits per heavy atom. The lowest BCUT2D eigenvalue weighted by atomic mass is 10.1.